The first-order valence-electron chi connectivity index (χ1n) is 10.1. The van der Waals surface area contributed by atoms with Crippen LogP contribution in [0.4, 0.5) is 13.2 Å². The fraction of sp³-hybridized carbons (Fsp3) is 0.333. The number of nitrogens with zero attached hydrogens (tertiary/aromatic N) is 2. The van der Waals surface area contributed by atoms with Crippen LogP contribution in [0.2, 0.25) is 4.34 Å². The summed E-state index contributed by atoms with van der Waals surface area (Å²) in [4.78, 5) is 17.4. The van der Waals surface area contributed by atoms with E-state index in [2.05, 4.69) is 20.9 Å². The van der Waals surface area contributed by atoms with Crippen molar-refractivity contribution in [2.45, 2.75) is 42.1 Å². The maximum absolute atomic E-state index is 13.1. The van der Waals surface area contributed by atoms with Gasteiger partial charge in [-0.3, -0.25) is 4.79 Å². The third-order valence-corrected chi connectivity index (χ3v) is 11.1. The lowest BCUT2D eigenvalue weighted by atomic mass is 10.1. The van der Waals surface area contributed by atoms with Gasteiger partial charge in [0.15, 0.2) is 5.78 Å². The molecule has 4 rings (SSSR count). The largest absolute Gasteiger partial charge is 0.416 e. The first-order valence-corrected chi connectivity index (χ1v) is 14.4. The molecule has 34 heavy (non-hydrogen) atoms. The average Bonchev–Trinajstić information content (AvgIpc) is 3.52. The second kappa shape index (κ2) is 9.98. The van der Waals surface area contributed by atoms with E-state index in [1.807, 2.05) is 0 Å². The van der Waals surface area contributed by atoms with Crippen molar-refractivity contribution in [2.75, 3.05) is 6.54 Å². The number of ketones is 1. The van der Waals surface area contributed by atoms with Crippen LogP contribution in [0.5, 0.6) is 0 Å². The zero-order chi connectivity index (χ0) is 24.7. The van der Waals surface area contributed by atoms with Crippen LogP contribution < -0.4 is 0 Å². The van der Waals surface area contributed by atoms with Gasteiger partial charge in [0.1, 0.15) is 8.55 Å². The number of rotatable bonds is 7. The highest BCUT2D eigenvalue weighted by Gasteiger charge is 2.40. The van der Waals surface area contributed by atoms with Crippen LogP contribution in [0.3, 0.4) is 0 Å². The van der Waals surface area contributed by atoms with Gasteiger partial charge in [0.05, 0.1) is 22.3 Å². The number of Topliss-reactive ketones (excluding diaryl/α,β-unsaturated/α-hetero) is 1. The number of benzene rings is 1. The molecule has 182 valence electrons. The van der Waals surface area contributed by atoms with E-state index in [9.17, 15) is 26.4 Å². The lowest BCUT2D eigenvalue weighted by molar-refractivity contribution is -0.137. The first kappa shape index (κ1) is 25.8. The van der Waals surface area contributed by atoms with Crippen molar-refractivity contribution in [1.29, 1.82) is 0 Å². The van der Waals surface area contributed by atoms with Gasteiger partial charge in [-0.1, -0.05) is 23.7 Å². The highest BCUT2D eigenvalue weighted by atomic mass is 79.9. The number of aromatic nitrogens is 1. The van der Waals surface area contributed by atoms with Gasteiger partial charge < -0.3 is 0 Å². The van der Waals surface area contributed by atoms with Gasteiger partial charge >= 0.3 is 6.18 Å². The Morgan fingerprint density at radius 1 is 1.26 bits per heavy atom. The summed E-state index contributed by atoms with van der Waals surface area (Å²) in [5.41, 5.74) is 0.354. The fourth-order valence-corrected chi connectivity index (χ4v) is 8.62. The van der Waals surface area contributed by atoms with Crippen molar-refractivity contribution < 1.29 is 26.4 Å². The Hall–Kier alpha value is -1.31. The van der Waals surface area contributed by atoms with Crippen molar-refractivity contribution in [3.8, 4) is 11.3 Å². The number of sulfonamides is 1. The first-order chi connectivity index (χ1) is 16.0. The minimum atomic E-state index is -4.40. The number of carbonyl (C=O) groups excluding carboxylic acids is 1. The Morgan fingerprint density at radius 2 is 1.97 bits per heavy atom. The third-order valence-electron chi connectivity index (χ3n) is 5.41. The molecule has 1 saturated heterocycles. The second-order valence-corrected chi connectivity index (χ2v) is 13.2. The Balaban J connectivity index is 1.41. The van der Waals surface area contributed by atoms with Crippen LogP contribution in [-0.4, -0.2) is 36.1 Å². The highest BCUT2D eigenvalue weighted by Crippen LogP contribution is 2.38. The second-order valence-electron chi connectivity index (χ2n) is 7.63. The number of alkyl halides is 3. The van der Waals surface area contributed by atoms with Crippen molar-refractivity contribution >= 4 is 66.0 Å². The topological polar surface area (TPSA) is 67.3 Å². The number of carbonyl (C=O) groups is 1. The SMILES string of the molecule is O=C(CCc1nc(-c2ccc(C(F)(F)F)cc2)cs1)[C@@H]1CCCN1S(=O)(=O)c1cc(Br)c(Cl)s1. The van der Waals surface area contributed by atoms with Crippen molar-refractivity contribution in [1.82, 2.24) is 9.29 Å². The monoisotopic (exact) mass is 612 g/mol. The Kier molecular flexibility index (Phi) is 7.56. The Morgan fingerprint density at radius 3 is 2.59 bits per heavy atom. The lowest BCUT2D eigenvalue weighted by Gasteiger charge is -2.22. The molecular formula is C21H17BrClF3N2O3S3. The van der Waals surface area contributed by atoms with E-state index in [0.29, 0.717) is 44.3 Å². The smallest absolute Gasteiger partial charge is 0.298 e. The number of hydrogen-bond donors (Lipinski definition) is 0. The average molecular weight is 614 g/mol. The predicted octanol–water partition coefficient (Wildman–Crippen LogP) is 6.66. The maximum Gasteiger partial charge on any atom is 0.416 e. The van der Waals surface area contributed by atoms with Crippen molar-refractivity contribution in [3.63, 3.8) is 0 Å². The summed E-state index contributed by atoms with van der Waals surface area (Å²) < 4.78 is 66.5. The van der Waals surface area contributed by atoms with E-state index >= 15 is 0 Å². The number of hydrogen-bond acceptors (Lipinski definition) is 6. The summed E-state index contributed by atoms with van der Waals surface area (Å²) in [6, 6.07) is 5.45. The molecule has 5 nitrogen and oxygen atoms in total. The van der Waals surface area contributed by atoms with E-state index < -0.39 is 27.8 Å². The summed E-state index contributed by atoms with van der Waals surface area (Å²) >= 11 is 11.5. The molecule has 1 aliphatic heterocycles. The maximum atomic E-state index is 13.1. The summed E-state index contributed by atoms with van der Waals surface area (Å²) in [7, 11) is -3.84. The number of aryl methyl sites for hydroxylation is 1. The minimum Gasteiger partial charge on any atom is -0.298 e. The Labute approximate surface area is 215 Å². The van der Waals surface area contributed by atoms with Gasteiger partial charge in [-0.2, -0.15) is 17.5 Å². The molecular weight excluding hydrogens is 597 g/mol. The van der Waals surface area contributed by atoms with E-state index in [-0.39, 0.29) is 23.0 Å². The standard InChI is InChI=1S/C21H17BrClF3N2O3S3/c22-14-10-19(33-20(14)23)34(30,31)28-9-1-2-16(28)17(29)7-8-18-27-15(11-32-18)12-3-5-13(6-4-12)21(24,25)26/h3-6,10-11,16H,1-2,7-9H2/t16-/m0/s1. The van der Waals surface area contributed by atoms with E-state index in [0.717, 1.165) is 23.5 Å². The van der Waals surface area contributed by atoms with Crippen LogP contribution in [0.25, 0.3) is 11.3 Å². The summed E-state index contributed by atoms with van der Waals surface area (Å²) in [6.07, 6.45) is -2.92. The number of halogens is 5. The zero-order valence-electron chi connectivity index (χ0n) is 17.3. The quantitative estimate of drug-likeness (QED) is 0.299. The minimum absolute atomic E-state index is 0.0881. The molecule has 1 atom stereocenters. The molecule has 0 saturated carbocycles. The number of thiazole rings is 1. The molecule has 3 heterocycles. The van der Waals surface area contributed by atoms with E-state index in [1.165, 1.54) is 33.8 Å². The summed E-state index contributed by atoms with van der Waals surface area (Å²) in [5, 5.41) is 2.39. The van der Waals surface area contributed by atoms with Crippen LogP contribution in [0.1, 0.15) is 29.8 Å². The molecule has 2 aromatic heterocycles. The normalized spacial score (nSPS) is 17.4. The molecule has 0 amide bonds. The Bertz CT molecular complexity index is 1290. The molecule has 0 bridgehead atoms. The van der Waals surface area contributed by atoms with Gasteiger partial charge in [-0.15, -0.1) is 22.7 Å². The third kappa shape index (κ3) is 5.41. The van der Waals surface area contributed by atoms with Gasteiger partial charge in [0, 0.05) is 34.8 Å². The summed E-state index contributed by atoms with van der Waals surface area (Å²) in [5.74, 6) is -0.186. The molecule has 0 N–H and O–H groups in total. The fourth-order valence-electron chi connectivity index (χ4n) is 3.70. The highest BCUT2D eigenvalue weighted by molar-refractivity contribution is 9.10. The van der Waals surface area contributed by atoms with Crippen molar-refractivity contribution in [3.05, 3.63) is 55.1 Å². The molecule has 3 aromatic rings. The molecule has 0 unspecified atom stereocenters. The van der Waals surface area contributed by atoms with Gasteiger partial charge in [-0.25, -0.2) is 13.4 Å². The van der Waals surface area contributed by atoms with Gasteiger partial charge in [-0.05, 0) is 47.0 Å². The predicted molar refractivity (Wildman–Crippen MR) is 130 cm³/mol. The molecule has 1 aromatic carbocycles. The lowest BCUT2D eigenvalue weighted by Crippen LogP contribution is -2.40. The molecule has 1 fully saturated rings. The van der Waals surface area contributed by atoms with Crippen LogP contribution in [0.15, 0.2) is 44.4 Å². The van der Waals surface area contributed by atoms with Crippen LogP contribution >= 0.6 is 50.2 Å². The van der Waals surface area contributed by atoms with E-state index in [4.69, 9.17) is 11.6 Å². The zero-order valence-corrected chi connectivity index (χ0v) is 22.1. The van der Waals surface area contributed by atoms with Crippen LogP contribution in [-0.2, 0) is 27.4 Å². The molecule has 0 aliphatic carbocycles. The van der Waals surface area contributed by atoms with Gasteiger partial charge in [0.2, 0.25) is 0 Å². The summed E-state index contributed by atoms with van der Waals surface area (Å²) in [6.45, 7) is 0.265. The van der Waals surface area contributed by atoms with Crippen LogP contribution in [0, 0.1) is 0 Å². The van der Waals surface area contributed by atoms with Crippen molar-refractivity contribution in [2.24, 2.45) is 0 Å². The molecule has 1 aliphatic rings. The molecule has 0 radical (unpaired) electrons. The molecule has 13 heteroatoms. The number of thiophene rings is 1. The van der Waals surface area contributed by atoms with Gasteiger partial charge in [0.25, 0.3) is 10.0 Å². The molecule has 0 spiro atoms. The van der Waals surface area contributed by atoms with E-state index in [1.54, 1.807) is 5.38 Å².